The van der Waals surface area contributed by atoms with Crippen molar-refractivity contribution in [1.82, 2.24) is 5.32 Å². The molecule has 1 saturated heterocycles. The van der Waals surface area contributed by atoms with Crippen LogP contribution in [0.15, 0.2) is 24.3 Å². The van der Waals surface area contributed by atoms with Gasteiger partial charge >= 0.3 is 5.97 Å². The van der Waals surface area contributed by atoms with E-state index in [1.165, 1.54) is 7.11 Å². The summed E-state index contributed by atoms with van der Waals surface area (Å²) in [4.78, 5) is 23.6. The van der Waals surface area contributed by atoms with Gasteiger partial charge in [0.1, 0.15) is 6.10 Å². The summed E-state index contributed by atoms with van der Waals surface area (Å²) in [5, 5.41) is 5.76. The number of esters is 1. The number of anilines is 1. The van der Waals surface area contributed by atoms with E-state index in [-0.39, 0.29) is 5.91 Å². The van der Waals surface area contributed by atoms with E-state index in [1.807, 2.05) is 0 Å². The molecule has 1 aromatic carbocycles. The van der Waals surface area contributed by atoms with Crippen LogP contribution in [-0.2, 0) is 14.3 Å². The van der Waals surface area contributed by atoms with Crippen LogP contribution in [0.5, 0.6) is 0 Å². The quantitative estimate of drug-likeness (QED) is 0.773. The fraction of sp³-hybridized carbons (Fsp3) is 0.385. The number of para-hydroxylation sites is 1. The van der Waals surface area contributed by atoms with Gasteiger partial charge < -0.3 is 20.1 Å². The largest absolute Gasteiger partial charge is 0.465 e. The Bertz CT molecular complexity index is 469. The molecule has 2 N–H and O–H groups in total. The molecule has 1 unspecified atom stereocenters. The number of rotatable bonds is 3. The lowest BCUT2D eigenvalue weighted by Gasteiger charge is -2.23. The Morgan fingerprint density at radius 1 is 1.42 bits per heavy atom. The van der Waals surface area contributed by atoms with E-state index in [0.29, 0.717) is 24.4 Å². The Hall–Kier alpha value is -1.92. The zero-order chi connectivity index (χ0) is 13.7. The second-order valence-electron chi connectivity index (χ2n) is 4.09. The van der Waals surface area contributed by atoms with E-state index in [0.717, 1.165) is 6.54 Å². The topological polar surface area (TPSA) is 76.7 Å². The summed E-state index contributed by atoms with van der Waals surface area (Å²) in [6.07, 6.45) is -0.542. The lowest BCUT2D eigenvalue weighted by Crippen LogP contribution is -2.45. The first kappa shape index (κ1) is 13.5. The highest BCUT2D eigenvalue weighted by Crippen LogP contribution is 2.16. The van der Waals surface area contributed by atoms with Crippen molar-refractivity contribution in [2.75, 3.05) is 32.1 Å². The van der Waals surface area contributed by atoms with Crippen molar-refractivity contribution in [1.29, 1.82) is 0 Å². The fourth-order valence-electron chi connectivity index (χ4n) is 1.83. The maximum Gasteiger partial charge on any atom is 0.339 e. The first-order chi connectivity index (χ1) is 9.22. The number of methoxy groups -OCH3 is 1. The molecule has 1 atom stereocenters. The maximum absolute atomic E-state index is 12.0. The zero-order valence-corrected chi connectivity index (χ0v) is 10.6. The minimum atomic E-state index is -0.542. The summed E-state index contributed by atoms with van der Waals surface area (Å²) in [5.41, 5.74) is 0.746. The fourth-order valence-corrected chi connectivity index (χ4v) is 1.83. The smallest absolute Gasteiger partial charge is 0.339 e. The van der Waals surface area contributed by atoms with Gasteiger partial charge in [0.2, 0.25) is 0 Å². The van der Waals surface area contributed by atoms with E-state index in [2.05, 4.69) is 15.4 Å². The number of ether oxygens (including phenoxy) is 2. The Balaban J connectivity index is 2.09. The summed E-state index contributed by atoms with van der Waals surface area (Å²) in [6.45, 7) is 1.70. The minimum absolute atomic E-state index is 0.274. The van der Waals surface area contributed by atoms with E-state index in [9.17, 15) is 9.59 Å². The van der Waals surface area contributed by atoms with Crippen molar-refractivity contribution < 1.29 is 19.1 Å². The third-order valence-electron chi connectivity index (χ3n) is 2.81. The van der Waals surface area contributed by atoms with Gasteiger partial charge in [-0.25, -0.2) is 4.79 Å². The molecule has 1 aromatic rings. The lowest BCUT2D eigenvalue weighted by molar-refractivity contribution is -0.128. The van der Waals surface area contributed by atoms with Crippen LogP contribution in [0.1, 0.15) is 10.4 Å². The van der Waals surface area contributed by atoms with Gasteiger partial charge in [0.15, 0.2) is 0 Å². The molecule has 1 aliphatic rings. The molecule has 1 fully saturated rings. The van der Waals surface area contributed by atoms with Gasteiger partial charge in [0, 0.05) is 13.1 Å². The average molecular weight is 264 g/mol. The van der Waals surface area contributed by atoms with Crippen molar-refractivity contribution in [3.8, 4) is 0 Å². The molecule has 0 bridgehead atoms. The monoisotopic (exact) mass is 264 g/mol. The van der Waals surface area contributed by atoms with Gasteiger partial charge in [-0.3, -0.25) is 4.79 Å². The molecule has 1 heterocycles. The number of carbonyl (C=O) groups excluding carboxylic acids is 2. The van der Waals surface area contributed by atoms with Gasteiger partial charge in [0.25, 0.3) is 5.91 Å². The molecule has 19 heavy (non-hydrogen) atoms. The van der Waals surface area contributed by atoms with Crippen LogP contribution in [-0.4, -0.2) is 44.8 Å². The Morgan fingerprint density at radius 2 is 2.21 bits per heavy atom. The highest BCUT2D eigenvalue weighted by atomic mass is 16.5. The molecular weight excluding hydrogens is 248 g/mol. The summed E-state index contributed by atoms with van der Waals surface area (Å²) in [6, 6.07) is 6.70. The highest BCUT2D eigenvalue weighted by molar-refractivity contribution is 6.02. The third kappa shape index (κ3) is 3.30. The van der Waals surface area contributed by atoms with Gasteiger partial charge in [-0.2, -0.15) is 0 Å². The van der Waals surface area contributed by atoms with Gasteiger partial charge in [-0.1, -0.05) is 12.1 Å². The maximum atomic E-state index is 12.0. The Kier molecular flexibility index (Phi) is 4.48. The zero-order valence-electron chi connectivity index (χ0n) is 10.6. The summed E-state index contributed by atoms with van der Waals surface area (Å²) in [7, 11) is 1.30. The van der Waals surface area contributed by atoms with Crippen molar-refractivity contribution in [3.05, 3.63) is 29.8 Å². The molecule has 0 aliphatic carbocycles. The summed E-state index contributed by atoms with van der Waals surface area (Å²) in [5.74, 6) is -0.762. The van der Waals surface area contributed by atoms with Crippen LogP contribution < -0.4 is 10.6 Å². The molecule has 0 radical (unpaired) electrons. The molecule has 6 nitrogen and oxygen atoms in total. The molecule has 2 rings (SSSR count). The molecule has 0 aromatic heterocycles. The summed E-state index contributed by atoms with van der Waals surface area (Å²) >= 11 is 0. The van der Waals surface area contributed by atoms with Crippen molar-refractivity contribution in [2.45, 2.75) is 6.10 Å². The van der Waals surface area contributed by atoms with Crippen molar-refractivity contribution in [3.63, 3.8) is 0 Å². The van der Waals surface area contributed by atoms with E-state index in [4.69, 9.17) is 4.74 Å². The normalized spacial score (nSPS) is 18.7. The van der Waals surface area contributed by atoms with Crippen molar-refractivity contribution in [2.24, 2.45) is 0 Å². The number of carbonyl (C=O) groups is 2. The Morgan fingerprint density at radius 3 is 2.89 bits per heavy atom. The van der Waals surface area contributed by atoms with E-state index >= 15 is 0 Å². The standard InChI is InChI=1S/C13H16N2O4/c1-18-13(17)9-4-2-3-5-10(9)15-12(16)11-8-14-6-7-19-11/h2-5,11,14H,6-8H2,1H3,(H,15,16). The molecule has 1 amide bonds. The first-order valence-electron chi connectivity index (χ1n) is 6.03. The molecule has 102 valence electrons. The summed E-state index contributed by atoms with van der Waals surface area (Å²) < 4.78 is 10.0. The average Bonchev–Trinajstić information content (AvgIpc) is 2.48. The van der Waals surface area contributed by atoms with Crippen LogP contribution >= 0.6 is 0 Å². The lowest BCUT2D eigenvalue weighted by atomic mass is 10.1. The van der Waals surface area contributed by atoms with Crippen LogP contribution in [0.25, 0.3) is 0 Å². The van der Waals surface area contributed by atoms with Crippen LogP contribution in [0, 0.1) is 0 Å². The Labute approximate surface area is 111 Å². The van der Waals surface area contributed by atoms with Gasteiger partial charge in [-0.15, -0.1) is 0 Å². The molecule has 1 aliphatic heterocycles. The predicted molar refractivity (Wildman–Crippen MR) is 69.0 cm³/mol. The second kappa shape index (κ2) is 6.31. The van der Waals surface area contributed by atoms with Crippen LogP contribution in [0.4, 0.5) is 5.69 Å². The molecular formula is C13H16N2O4. The van der Waals surface area contributed by atoms with E-state index in [1.54, 1.807) is 24.3 Å². The number of morpholine rings is 1. The number of nitrogens with one attached hydrogen (secondary N) is 2. The molecule has 0 spiro atoms. The molecule has 0 saturated carbocycles. The van der Waals surface area contributed by atoms with Crippen LogP contribution in [0.2, 0.25) is 0 Å². The van der Waals surface area contributed by atoms with Gasteiger partial charge in [-0.05, 0) is 12.1 Å². The number of hydrogen-bond donors (Lipinski definition) is 2. The number of hydrogen-bond acceptors (Lipinski definition) is 5. The minimum Gasteiger partial charge on any atom is -0.465 e. The van der Waals surface area contributed by atoms with E-state index < -0.39 is 12.1 Å². The number of amides is 1. The SMILES string of the molecule is COC(=O)c1ccccc1NC(=O)C1CNCCO1. The molecule has 6 heteroatoms. The predicted octanol–water partition coefficient (Wildman–Crippen LogP) is 0.400. The second-order valence-corrected chi connectivity index (χ2v) is 4.09. The van der Waals surface area contributed by atoms with Crippen molar-refractivity contribution >= 4 is 17.6 Å². The highest BCUT2D eigenvalue weighted by Gasteiger charge is 2.23. The van der Waals surface area contributed by atoms with Crippen LogP contribution in [0.3, 0.4) is 0 Å². The number of benzene rings is 1. The third-order valence-corrected chi connectivity index (χ3v) is 2.81. The van der Waals surface area contributed by atoms with Gasteiger partial charge in [0.05, 0.1) is 25.0 Å². The first-order valence-corrected chi connectivity index (χ1v) is 6.03.